The van der Waals surface area contributed by atoms with Crippen LogP contribution >= 0.6 is 11.3 Å². The predicted molar refractivity (Wildman–Crippen MR) is 75.5 cm³/mol. The number of ketones is 1. The predicted octanol–water partition coefficient (Wildman–Crippen LogP) is 3.48. The van der Waals surface area contributed by atoms with Crippen molar-refractivity contribution in [3.8, 4) is 16.3 Å². The molecule has 1 aromatic carbocycles. The van der Waals surface area contributed by atoms with E-state index in [0.29, 0.717) is 0 Å². The van der Waals surface area contributed by atoms with Crippen molar-refractivity contribution in [2.24, 2.45) is 5.92 Å². The summed E-state index contributed by atoms with van der Waals surface area (Å²) in [5.41, 5.74) is 2.12. The second-order valence-corrected chi connectivity index (χ2v) is 5.71. The van der Waals surface area contributed by atoms with Crippen LogP contribution in [-0.4, -0.2) is 17.4 Å². The zero-order chi connectivity index (χ0) is 13.2. The molecule has 0 amide bonds. The molecule has 0 bridgehead atoms. The van der Waals surface area contributed by atoms with E-state index in [1.807, 2.05) is 36.6 Å². The molecule has 1 saturated carbocycles. The standard InChI is InChI=1S/C15H15NO2S/c1-10-9-19-15(16-10)12-4-6-13(7-5-12)18-8-14(17)11-2-3-11/h4-7,9,11H,2-3,8H2,1H3. The molecule has 98 valence electrons. The van der Waals surface area contributed by atoms with E-state index in [2.05, 4.69) is 4.98 Å². The molecule has 2 aromatic rings. The second kappa shape index (κ2) is 5.13. The summed E-state index contributed by atoms with van der Waals surface area (Å²) < 4.78 is 5.50. The highest BCUT2D eigenvalue weighted by molar-refractivity contribution is 7.13. The largest absolute Gasteiger partial charge is 0.486 e. The third-order valence-electron chi connectivity index (χ3n) is 3.13. The van der Waals surface area contributed by atoms with Crippen LogP contribution in [0.3, 0.4) is 0 Å². The summed E-state index contributed by atoms with van der Waals surface area (Å²) in [6, 6.07) is 7.75. The van der Waals surface area contributed by atoms with Gasteiger partial charge in [0.25, 0.3) is 0 Å². The molecule has 4 heteroatoms. The molecule has 0 atom stereocenters. The number of carbonyl (C=O) groups excluding carboxylic acids is 1. The zero-order valence-electron chi connectivity index (χ0n) is 10.8. The Bertz CT molecular complexity index is 584. The van der Waals surface area contributed by atoms with Crippen molar-refractivity contribution < 1.29 is 9.53 Å². The van der Waals surface area contributed by atoms with Crippen LogP contribution in [0.4, 0.5) is 0 Å². The number of benzene rings is 1. The van der Waals surface area contributed by atoms with Crippen molar-refractivity contribution >= 4 is 17.1 Å². The van der Waals surface area contributed by atoms with Crippen molar-refractivity contribution in [2.75, 3.05) is 6.61 Å². The highest BCUT2D eigenvalue weighted by Crippen LogP contribution is 2.30. The van der Waals surface area contributed by atoms with Crippen LogP contribution in [0, 0.1) is 12.8 Å². The number of Topliss-reactive ketones (excluding diaryl/α,β-unsaturated/α-hetero) is 1. The Balaban J connectivity index is 1.63. The fraction of sp³-hybridized carbons (Fsp3) is 0.333. The van der Waals surface area contributed by atoms with Crippen LogP contribution < -0.4 is 4.74 Å². The van der Waals surface area contributed by atoms with Gasteiger partial charge in [-0.05, 0) is 44.0 Å². The van der Waals surface area contributed by atoms with E-state index < -0.39 is 0 Å². The first-order valence-electron chi connectivity index (χ1n) is 6.40. The average Bonchev–Trinajstić information content (AvgIpc) is 3.19. The minimum atomic E-state index is 0.195. The monoisotopic (exact) mass is 273 g/mol. The topological polar surface area (TPSA) is 39.2 Å². The maximum absolute atomic E-state index is 11.5. The van der Waals surface area contributed by atoms with Gasteiger partial charge in [-0.15, -0.1) is 11.3 Å². The van der Waals surface area contributed by atoms with Gasteiger partial charge in [-0.3, -0.25) is 4.79 Å². The number of rotatable bonds is 5. The van der Waals surface area contributed by atoms with Gasteiger partial charge in [0.1, 0.15) is 17.4 Å². The molecular formula is C15H15NO2S. The number of aryl methyl sites for hydroxylation is 1. The lowest BCUT2D eigenvalue weighted by Gasteiger charge is -2.05. The summed E-state index contributed by atoms with van der Waals surface area (Å²) in [4.78, 5) is 16.0. The first-order valence-corrected chi connectivity index (χ1v) is 7.28. The second-order valence-electron chi connectivity index (χ2n) is 4.85. The van der Waals surface area contributed by atoms with Crippen molar-refractivity contribution in [3.05, 3.63) is 35.3 Å². The normalized spacial score (nSPS) is 14.4. The SMILES string of the molecule is Cc1csc(-c2ccc(OCC(=O)C3CC3)cc2)n1. The van der Waals surface area contributed by atoms with Crippen molar-refractivity contribution in [3.63, 3.8) is 0 Å². The number of carbonyl (C=O) groups is 1. The van der Waals surface area contributed by atoms with Gasteiger partial charge >= 0.3 is 0 Å². The third-order valence-corrected chi connectivity index (χ3v) is 4.14. The quantitative estimate of drug-likeness (QED) is 0.837. The summed E-state index contributed by atoms with van der Waals surface area (Å²) >= 11 is 1.63. The van der Waals surface area contributed by atoms with E-state index in [4.69, 9.17) is 4.74 Å². The number of nitrogens with zero attached hydrogens (tertiary/aromatic N) is 1. The van der Waals surface area contributed by atoms with Gasteiger partial charge in [0, 0.05) is 22.6 Å². The molecule has 0 spiro atoms. The Morgan fingerprint density at radius 3 is 2.68 bits per heavy atom. The molecule has 1 aliphatic rings. The summed E-state index contributed by atoms with van der Waals surface area (Å²) in [6.07, 6.45) is 2.06. The smallest absolute Gasteiger partial charge is 0.173 e. The van der Waals surface area contributed by atoms with Gasteiger partial charge in [0.05, 0.1) is 0 Å². The van der Waals surface area contributed by atoms with Crippen LogP contribution in [-0.2, 0) is 4.79 Å². The molecule has 0 saturated heterocycles. The lowest BCUT2D eigenvalue weighted by molar-refractivity contribution is -0.122. The van der Waals surface area contributed by atoms with Crippen molar-refractivity contribution in [1.29, 1.82) is 0 Å². The highest BCUT2D eigenvalue weighted by Gasteiger charge is 2.29. The number of thiazole rings is 1. The van der Waals surface area contributed by atoms with Crippen LogP contribution in [0.25, 0.3) is 10.6 Å². The molecule has 1 fully saturated rings. The molecule has 0 unspecified atom stereocenters. The molecule has 1 aromatic heterocycles. The highest BCUT2D eigenvalue weighted by atomic mass is 32.1. The van der Waals surface area contributed by atoms with Crippen LogP contribution in [0.1, 0.15) is 18.5 Å². The first-order chi connectivity index (χ1) is 9.22. The molecule has 19 heavy (non-hydrogen) atoms. The molecular weight excluding hydrogens is 258 g/mol. The molecule has 0 aliphatic heterocycles. The zero-order valence-corrected chi connectivity index (χ0v) is 11.6. The molecule has 0 radical (unpaired) electrons. The van der Waals surface area contributed by atoms with E-state index in [0.717, 1.165) is 34.9 Å². The molecule has 0 N–H and O–H groups in total. The van der Waals surface area contributed by atoms with Crippen LogP contribution in [0.5, 0.6) is 5.75 Å². The van der Waals surface area contributed by atoms with Gasteiger partial charge in [0.15, 0.2) is 5.78 Å². The minimum Gasteiger partial charge on any atom is -0.486 e. The Labute approximate surface area is 116 Å². The van der Waals surface area contributed by atoms with Gasteiger partial charge < -0.3 is 4.74 Å². The Morgan fingerprint density at radius 1 is 1.37 bits per heavy atom. The van der Waals surface area contributed by atoms with Crippen molar-refractivity contribution in [1.82, 2.24) is 4.98 Å². The Morgan fingerprint density at radius 2 is 2.11 bits per heavy atom. The van der Waals surface area contributed by atoms with Gasteiger partial charge in [0.2, 0.25) is 0 Å². The molecule has 3 nitrogen and oxygen atoms in total. The lowest BCUT2D eigenvalue weighted by atomic mass is 10.2. The van der Waals surface area contributed by atoms with Gasteiger partial charge in [-0.1, -0.05) is 0 Å². The van der Waals surface area contributed by atoms with Crippen molar-refractivity contribution in [2.45, 2.75) is 19.8 Å². The minimum absolute atomic E-state index is 0.195. The Kier molecular flexibility index (Phi) is 3.34. The van der Waals surface area contributed by atoms with E-state index in [1.54, 1.807) is 11.3 Å². The molecule has 1 heterocycles. The first kappa shape index (κ1) is 12.4. The maximum atomic E-state index is 11.5. The fourth-order valence-corrected chi connectivity index (χ4v) is 2.66. The number of aromatic nitrogens is 1. The average molecular weight is 273 g/mol. The fourth-order valence-electron chi connectivity index (χ4n) is 1.86. The van der Waals surface area contributed by atoms with E-state index in [1.165, 1.54) is 0 Å². The number of hydrogen-bond acceptors (Lipinski definition) is 4. The van der Waals surface area contributed by atoms with E-state index in [9.17, 15) is 4.79 Å². The number of hydrogen-bond donors (Lipinski definition) is 0. The van der Waals surface area contributed by atoms with Crippen LogP contribution in [0.2, 0.25) is 0 Å². The molecule has 3 rings (SSSR count). The summed E-state index contributed by atoms with van der Waals surface area (Å²) in [5, 5.41) is 3.05. The Hall–Kier alpha value is -1.68. The summed E-state index contributed by atoms with van der Waals surface area (Å²) in [6.45, 7) is 2.18. The van der Waals surface area contributed by atoms with Crippen LogP contribution in [0.15, 0.2) is 29.6 Å². The van der Waals surface area contributed by atoms with E-state index in [-0.39, 0.29) is 18.3 Å². The van der Waals surface area contributed by atoms with Gasteiger partial charge in [-0.2, -0.15) is 0 Å². The van der Waals surface area contributed by atoms with Gasteiger partial charge in [-0.25, -0.2) is 4.98 Å². The third kappa shape index (κ3) is 3.01. The molecule has 1 aliphatic carbocycles. The summed E-state index contributed by atoms with van der Waals surface area (Å²) in [5.74, 6) is 1.23. The summed E-state index contributed by atoms with van der Waals surface area (Å²) in [7, 11) is 0. The van der Waals surface area contributed by atoms with E-state index >= 15 is 0 Å². The number of ether oxygens (including phenoxy) is 1. The lowest BCUT2D eigenvalue weighted by Crippen LogP contribution is -2.12. The maximum Gasteiger partial charge on any atom is 0.173 e.